The number of aldehydes is 1. The first kappa shape index (κ1) is 10.5. The van der Waals surface area contributed by atoms with Gasteiger partial charge in [0.25, 0.3) is 0 Å². The van der Waals surface area contributed by atoms with Gasteiger partial charge in [-0.2, -0.15) is 0 Å². The average Bonchev–Trinajstić information content (AvgIpc) is 1.69. The minimum absolute atomic E-state index is 0. The molecule has 0 bridgehead atoms. The van der Waals surface area contributed by atoms with Gasteiger partial charge in [-0.3, -0.25) is 14.9 Å². The second-order valence-corrected chi connectivity index (χ2v) is 0.929. The summed E-state index contributed by atoms with van der Waals surface area (Å²) in [7, 11) is 0. The lowest BCUT2D eigenvalue weighted by molar-refractivity contribution is -0.418. The van der Waals surface area contributed by atoms with Crippen molar-refractivity contribution in [1.82, 2.24) is 0 Å². The van der Waals surface area contributed by atoms with Gasteiger partial charge in [-0.05, 0) is 0 Å². The Labute approximate surface area is 49.9 Å². The predicted octanol–water partition coefficient (Wildman–Crippen LogP) is -0.963. The van der Waals surface area contributed by atoms with Crippen LogP contribution >= 0.6 is 0 Å². The number of carbonyl (C=O) groups is 1. The summed E-state index contributed by atoms with van der Waals surface area (Å²) in [6, 6.07) is 0. The number of rotatable bonds is 2. The Morgan fingerprint density at radius 3 is 2.11 bits per heavy atom. The minimum Gasteiger partial charge on any atom is -0.509 e. The topological polar surface area (TPSA) is 112 Å². The van der Waals surface area contributed by atoms with Crippen LogP contribution in [0.4, 0.5) is 0 Å². The Kier molecular flexibility index (Phi) is 5.53. The molecule has 0 fully saturated rings. The zero-order chi connectivity index (χ0) is 6.57. The lowest BCUT2D eigenvalue weighted by Gasteiger charge is -1.80. The molecule has 0 aliphatic rings. The first-order chi connectivity index (χ1) is 3.72. The van der Waals surface area contributed by atoms with Crippen molar-refractivity contribution >= 4 is 6.29 Å². The highest BCUT2D eigenvalue weighted by Crippen LogP contribution is 1.84. The Hall–Kier alpha value is -1.43. The van der Waals surface area contributed by atoms with Gasteiger partial charge in [0.1, 0.15) is 0 Å². The van der Waals surface area contributed by atoms with E-state index in [9.17, 15) is 14.9 Å². The number of carbonyl (C=O) groups excluding carboxylic acids is 1. The molecule has 0 unspecified atom stereocenters. The highest BCUT2D eigenvalue weighted by Gasteiger charge is 2.05. The van der Waals surface area contributed by atoms with Crippen molar-refractivity contribution < 1.29 is 20.3 Å². The van der Waals surface area contributed by atoms with Crippen molar-refractivity contribution in [3.8, 4) is 0 Å². The van der Waals surface area contributed by atoms with E-state index in [0.717, 1.165) is 0 Å². The Balaban J connectivity index is 0. The largest absolute Gasteiger partial charge is 0.509 e. The number of hydrogen-bond donors (Lipinski definition) is 1. The molecule has 3 N–H and O–H groups in total. The monoisotopic (exact) mass is 135 g/mol. The van der Waals surface area contributed by atoms with Crippen LogP contribution in [0.5, 0.6) is 0 Å². The summed E-state index contributed by atoms with van der Waals surface area (Å²) in [5.74, 6) is 0. The molecule has 6 nitrogen and oxygen atoms in total. The number of hydrogen-bond acceptors (Lipinski definition) is 4. The van der Waals surface area contributed by atoms with E-state index >= 15 is 0 Å². The zero-order valence-electron chi connectivity index (χ0n) is 4.27. The van der Waals surface area contributed by atoms with Crippen molar-refractivity contribution in [2.75, 3.05) is 0 Å². The number of allylic oxidation sites excluding steroid dienone is 1. The van der Waals surface area contributed by atoms with E-state index in [1.54, 1.807) is 0 Å². The third-order valence-corrected chi connectivity index (χ3v) is 0.464. The summed E-state index contributed by atoms with van der Waals surface area (Å²) in [5, 5.41) is 17.4. The van der Waals surface area contributed by atoms with Gasteiger partial charge in [-0.15, -0.1) is 0 Å². The summed E-state index contributed by atoms with van der Waals surface area (Å²) in [5.41, 5.74) is -0.843. The van der Waals surface area contributed by atoms with Crippen molar-refractivity contribution in [2.45, 2.75) is 0 Å². The lowest BCUT2D eigenvalue weighted by Crippen LogP contribution is -1.98. The van der Waals surface area contributed by atoms with Crippen molar-refractivity contribution in [2.24, 2.45) is 0 Å². The summed E-state index contributed by atoms with van der Waals surface area (Å²) >= 11 is 0. The first-order valence-corrected chi connectivity index (χ1v) is 1.66. The van der Waals surface area contributed by atoms with Gasteiger partial charge in [-0.1, -0.05) is 0 Å². The number of aliphatic hydroxyl groups excluding tert-OH is 1. The highest BCUT2D eigenvalue weighted by molar-refractivity contribution is 5.68. The molecule has 0 saturated heterocycles. The van der Waals surface area contributed by atoms with Crippen LogP contribution in [0.2, 0.25) is 0 Å². The fraction of sp³-hybridized carbons (Fsp3) is 0. The van der Waals surface area contributed by atoms with E-state index in [-0.39, 0.29) is 18.0 Å². The van der Waals surface area contributed by atoms with Crippen molar-refractivity contribution in [3.05, 3.63) is 22.1 Å². The lowest BCUT2D eigenvalue weighted by atomic mass is 10.6. The van der Waals surface area contributed by atoms with Gasteiger partial charge in [0.05, 0.1) is 4.92 Å². The fourth-order valence-electron chi connectivity index (χ4n) is 0.121. The first-order valence-electron chi connectivity index (χ1n) is 1.66. The van der Waals surface area contributed by atoms with Gasteiger partial charge in [0.15, 0.2) is 6.26 Å². The summed E-state index contributed by atoms with van der Waals surface area (Å²) in [6.45, 7) is 0. The Morgan fingerprint density at radius 2 is 2.11 bits per heavy atom. The van der Waals surface area contributed by atoms with Gasteiger partial charge < -0.3 is 10.6 Å². The number of nitrogens with zero attached hydrogens (tertiary/aromatic N) is 1. The van der Waals surface area contributed by atoms with Gasteiger partial charge >= 0.3 is 5.70 Å². The SMILES string of the molecule is O.O=C/C(=C/O)[N+](=O)[O-]. The molecule has 9 heavy (non-hydrogen) atoms. The standard InChI is InChI=1S/C3H3NO4.H2O/c5-1-3(2-6)4(7)8;/h1-2,5H;1H2/b3-1-;. The molecule has 6 heteroatoms. The maximum absolute atomic E-state index is 9.51. The molecule has 0 atom stereocenters. The van der Waals surface area contributed by atoms with Crippen LogP contribution in [0.3, 0.4) is 0 Å². The molecule has 0 radical (unpaired) electrons. The molecule has 0 spiro atoms. The van der Waals surface area contributed by atoms with E-state index in [2.05, 4.69) is 0 Å². The maximum atomic E-state index is 9.51. The number of aliphatic hydroxyl groups is 1. The second kappa shape index (κ2) is 4.72. The van der Waals surface area contributed by atoms with Crippen LogP contribution < -0.4 is 0 Å². The molecule has 0 aliphatic heterocycles. The maximum Gasteiger partial charge on any atom is 0.342 e. The van der Waals surface area contributed by atoms with Gasteiger partial charge in [0.2, 0.25) is 6.29 Å². The quantitative estimate of drug-likeness (QED) is 0.172. The molecular formula is C3H5NO5. The Morgan fingerprint density at radius 1 is 1.67 bits per heavy atom. The molecule has 0 aromatic rings. The predicted molar refractivity (Wildman–Crippen MR) is 27.4 cm³/mol. The second-order valence-electron chi connectivity index (χ2n) is 0.929. The highest BCUT2D eigenvalue weighted by atomic mass is 16.6. The van der Waals surface area contributed by atoms with Crippen molar-refractivity contribution in [3.63, 3.8) is 0 Å². The zero-order valence-corrected chi connectivity index (χ0v) is 4.27. The van der Waals surface area contributed by atoms with Crippen molar-refractivity contribution in [1.29, 1.82) is 0 Å². The Bertz CT molecular complexity index is 139. The van der Waals surface area contributed by atoms with Crippen LogP contribution in [-0.2, 0) is 4.79 Å². The third-order valence-electron chi connectivity index (χ3n) is 0.464. The molecule has 0 rings (SSSR count). The van der Waals surface area contributed by atoms with E-state index in [4.69, 9.17) is 5.11 Å². The molecule has 0 heterocycles. The number of nitro groups is 1. The summed E-state index contributed by atoms with van der Waals surface area (Å²) in [4.78, 5) is 18.0. The fourth-order valence-corrected chi connectivity index (χ4v) is 0.121. The van der Waals surface area contributed by atoms with Crippen LogP contribution in [0.15, 0.2) is 12.0 Å². The molecule has 0 saturated carbocycles. The summed E-state index contributed by atoms with van der Waals surface area (Å²) in [6.07, 6.45) is 0.104. The van der Waals surface area contributed by atoms with Gasteiger partial charge in [-0.25, -0.2) is 0 Å². The minimum atomic E-state index is -0.979. The van der Waals surface area contributed by atoms with E-state index in [1.807, 2.05) is 0 Å². The third kappa shape index (κ3) is 3.18. The van der Waals surface area contributed by atoms with Crippen LogP contribution in [0.1, 0.15) is 0 Å². The molecule has 0 amide bonds. The van der Waals surface area contributed by atoms with Gasteiger partial charge in [0, 0.05) is 0 Å². The molecular weight excluding hydrogens is 130 g/mol. The molecule has 0 aromatic heterocycles. The average molecular weight is 135 g/mol. The van der Waals surface area contributed by atoms with Crippen LogP contribution in [0.25, 0.3) is 0 Å². The van der Waals surface area contributed by atoms with Crippen LogP contribution in [0, 0.1) is 10.1 Å². The van der Waals surface area contributed by atoms with E-state index in [0.29, 0.717) is 0 Å². The molecule has 0 aliphatic carbocycles. The summed E-state index contributed by atoms with van der Waals surface area (Å²) < 4.78 is 0. The van der Waals surface area contributed by atoms with E-state index in [1.165, 1.54) is 0 Å². The molecule has 0 aromatic carbocycles. The molecule has 52 valence electrons. The van der Waals surface area contributed by atoms with Crippen LogP contribution in [-0.4, -0.2) is 21.8 Å². The normalized spacial score (nSPS) is 9.56. The smallest absolute Gasteiger partial charge is 0.342 e. The van der Waals surface area contributed by atoms with E-state index < -0.39 is 10.6 Å².